The predicted octanol–water partition coefficient (Wildman–Crippen LogP) is 2.83. The van der Waals surface area contributed by atoms with E-state index < -0.39 is 0 Å². The maximum absolute atomic E-state index is 12.8. The second-order valence-corrected chi connectivity index (χ2v) is 7.03. The summed E-state index contributed by atoms with van der Waals surface area (Å²) in [6.07, 6.45) is 5.87. The fourth-order valence-corrected chi connectivity index (χ4v) is 3.85. The molecule has 2 unspecified atom stereocenters. The Hall–Kier alpha value is -1.75. The number of nitrogens with zero attached hydrogens (tertiary/aromatic N) is 1. The van der Waals surface area contributed by atoms with Crippen LogP contribution in [0.1, 0.15) is 49.4 Å². The maximum atomic E-state index is 12.8. The van der Waals surface area contributed by atoms with Crippen molar-refractivity contribution in [2.45, 2.75) is 51.2 Å². The van der Waals surface area contributed by atoms with E-state index >= 15 is 0 Å². The number of rotatable bonds is 5. The second-order valence-electron chi connectivity index (χ2n) is 7.03. The van der Waals surface area contributed by atoms with Gasteiger partial charge in [-0.05, 0) is 69.7 Å². The van der Waals surface area contributed by atoms with Crippen LogP contribution in [-0.4, -0.2) is 43.2 Å². The lowest BCUT2D eigenvalue weighted by Crippen LogP contribution is -2.34. The molecule has 1 aliphatic carbocycles. The van der Waals surface area contributed by atoms with Crippen LogP contribution in [0.4, 0.5) is 0 Å². The summed E-state index contributed by atoms with van der Waals surface area (Å²) in [7, 11) is 1.62. The number of hydrogen-bond acceptors (Lipinski definition) is 4. The summed E-state index contributed by atoms with van der Waals surface area (Å²) in [5, 5.41) is 0. The average molecular weight is 332 g/mol. The van der Waals surface area contributed by atoms with Gasteiger partial charge in [-0.15, -0.1) is 0 Å². The zero-order valence-corrected chi connectivity index (χ0v) is 14.7. The van der Waals surface area contributed by atoms with Gasteiger partial charge in [0.05, 0.1) is 13.2 Å². The number of carbonyl (C=O) groups excluding carboxylic acids is 1. The molecule has 0 spiro atoms. The maximum Gasteiger partial charge on any atom is 0.254 e. The van der Waals surface area contributed by atoms with Gasteiger partial charge in [0.25, 0.3) is 5.91 Å². The van der Waals surface area contributed by atoms with Crippen LogP contribution >= 0.6 is 0 Å². The smallest absolute Gasteiger partial charge is 0.254 e. The summed E-state index contributed by atoms with van der Waals surface area (Å²) in [4.78, 5) is 14.8. The number of likely N-dealkylation sites (tertiary alicyclic amines) is 1. The summed E-state index contributed by atoms with van der Waals surface area (Å²) in [6.45, 7) is 3.45. The summed E-state index contributed by atoms with van der Waals surface area (Å²) in [6, 6.07) is 5.74. The highest BCUT2D eigenvalue weighted by Crippen LogP contribution is 2.33. The molecule has 1 amide bonds. The van der Waals surface area contributed by atoms with Crippen molar-refractivity contribution in [1.29, 1.82) is 0 Å². The van der Waals surface area contributed by atoms with Crippen LogP contribution in [0.5, 0.6) is 11.5 Å². The summed E-state index contributed by atoms with van der Waals surface area (Å²) in [5.41, 5.74) is 6.41. The number of ether oxygens (including phenoxy) is 2. The molecule has 1 aromatic rings. The molecule has 1 saturated heterocycles. The van der Waals surface area contributed by atoms with Crippen molar-refractivity contribution in [2.24, 2.45) is 11.7 Å². The largest absolute Gasteiger partial charge is 0.493 e. The van der Waals surface area contributed by atoms with Gasteiger partial charge in [0.15, 0.2) is 11.5 Å². The molecule has 1 saturated carbocycles. The predicted molar refractivity (Wildman–Crippen MR) is 93.5 cm³/mol. The van der Waals surface area contributed by atoms with Gasteiger partial charge >= 0.3 is 0 Å². The van der Waals surface area contributed by atoms with Crippen LogP contribution in [0.15, 0.2) is 18.2 Å². The summed E-state index contributed by atoms with van der Waals surface area (Å²) < 4.78 is 11.5. The SMILES string of the molecule is COc1cc(C(=O)N2CC(CN)CC2C)ccc1OC1CCCC1. The molecule has 1 aromatic carbocycles. The van der Waals surface area contributed by atoms with E-state index in [0.29, 0.717) is 23.8 Å². The van der Waals surface area contributed by atoms with Crippen LogP contribution in [0.3, 0.4) is 0 Å². The van der Waals surface area contributed by atoms with Gasteiger partial charge in [0.2, 0.25) is 0 Å². The van der Waals surface area contributed by atoms with Gasteiger partial charge in [0.1, 0.15) is 0 Å². The number of methoxy groups -OCH3 is 1. The molecule has 2 fully saturated rings. The third-order valence-electron chi connectivity index (χ3n) is 5.26. The average Bonchev–Trinajstić information content (AvgIpc) is 3.24. The van der Waals surface area contributed by atoms with E-state index in [0.717, 1.165) is 31.6 Å². The number of carbonyl (C=O) groups is 1. The molecule has 2 atom stereocenters. The van der Waals surface area contributed by atoms with E-state index in [1.165, 1.54) is 12.8 Å². The number of amides is 1. The molecular weight excluding hydrogens is 304 g/mol. The number of hydrogen-bond donors (Lipinski definition) is 1. The van der Waals surface area contributed by atoms with E-state index in [9.17, 15) is 4.79 Å². The van der Waals surface area contributed by atoms with Crippen molar-refractivity contribution in [3.63, 3.8) is 0 Å². The minimum absolute atomic E-state index is 0.0455. The number of nitrogens with two attached hydrogens (primary N) is 1. The number of benzene rings is 1. The van der Waals surface area contributed by atoms with Crippen molar-refractivity contribution < 1.29 is 14.3 Å². The van der Waals surface area contributed by atoms with E-state index in [1.807, 2.05) is 17.0 Å². The molecule has 3 rings (SSSR count). The lowest BCUT2D eigenvalue weighted by molar-refractivity contribution is 0.0743. The second kappa shape index (κ2) is 7.43. The van der Waals surface area contributed by atoms with Crippen LogP contribution < -0.4 is 15.2 Å². The first-order valence-corrected chi connectivity index (χ1v) is 8.98. The molecule has 1 heterocycles. The van der Waals surface area contributed by atoms with Crippen molar-refractivity contribution in [1.82, 2.24) is 4.90 Å². The Morgan fingerprint density at radius 3 is 2.67 bits per heavy atom. The van der Waals surface area contributed by atoms with Crippen molar-refractivity contribution in [2.75, 3.05) is 20.2 Å². The molecule has 24 heavy (non-hydrogen) atoms. The highest BCUT2D eigenvalue weighted by Gasteiger charge is 2.32. The Morgan fingerprint density at radius 1 is 1.29 bits per heavy atom. The van der Waals surface area contributed by atoms with E-state index in [-0.39, 0.29) is 18.1 Å². The molecule has 5 heteroatoms. The van der Waals surface area contributed by atoms with E-state index in [4.69, 9.17) is 15.2 Å². The van der Waals surface area contributed by atoms with Gasteiger partial charge in [-0.25, -0.2) is 0 Å². The Balaban J connectivity index is 1.75. The lowest BCUT2D eigenvalue weighted by atomic mass is 10.1. The molecule has 0 radical (unpaired) electrons. The summed E-state index contributed by atoms with van der Waals surface area (Å²) in [5.74, 6) is 1.81. The zero-order chi connectivity index (χ0) is 17.1. The Bertz CT molecular complexity index is 584. The highest BCUT2D eigenvalue weighted by molar-refractivity contribution is 5.95. The molecule has 0 aromatic heterocycles. The molecule has 0 bridgehead atoms. The molecule has 132 valence electrons. The van der Waals surface area contributed by atoms with Crippen molar-refractivity contribution in [3.05, 3.63) is 23.8 Å². The van der Waals surface area contributed by atoms with E-state index in [1.54, 1.807) is 13.2 Å². The third-order valence-corrected chi connectivity index (χ3v) is 5.26. The minimum Gasteiger partial charge on any atom is -0.493 e. The first-order chi connectivity index (χ1) is 11.6. The normalized spacial score (nSPS) is 24.4. The topological polar surface area (TPSA) is 64.8 Å². The Kier molecular flexibility index (Phi) is 5.29. The van der Waals surface area contributed by atoms with Crippen LogP contribution in [0, 0.1) is 5.92 Å². The fraction of sp³-hybridized carbons (Fsp3) is 0.632. The Labute approximate surface area is 144 Å². The molecule has 1 aliphatic heterocycles. The van der Waals surface area contributed by atoms with Crippen molar-refractivity contribution in [3.8, 4) is 11.5 Å². The fourth-order valence-electron chi connectivity index (χ4n) is 3.85. The van der Waals surface area contributed by atoms with Gasteiger partial charge in [-0.1, -0.05) is 0 Å². The molecular formula is C19H28N2O3. The summed E-state index contributed by atoms with van der Waals surface area (Å²) >= 11 is 0. The molecule has 5 nitrogen and oxygen atoms in total. The first kappa shape index (κ1) is 17.1. The van der Waals surface area contributed by atoms with Gasteiger partial charge < -0.3 is 20.1 Å². The molecule has 2 aliphatic rings. The van der Waals surface area contributed by atoms with Gasteiger partial charge in [0, 0.05) is 18.2 Å². The first-order valence-electron chi connectivity index (χ1n) is 8.98. The van der Waals surface area contributed by atoms with Crippen LogP contribution in [0.2, 0.25) is 0 Å². The van der Waals surface area contributed by atoms with Crippen LogP contribution in [-0.2, 0) is 0 Å². The van der Waals surface area contributed by atoms with Crippen molar-refractivity contribution >= 4 is 5.91 Å². The minimum atomic E-state index is 0.0455. The lowest BCUT2D eigenvalue weighted by Gasteiger charge is -2.22. The van der Waals surface area contributed by atoms with Gasteiger partial charge in [-0.2, -0.15) is 0 Å². The third kappa shape index (κ3) is 3.51. The van der Waals surface area contributed by atoms with Gasteiger partial charge in [-0.3, -0.25) is 4.79 Å². The Morgan fingerprint density at radius 2 is 2.04 bits per heavy atom. The zero-order valence-electron chi connectivity index (χ0n) is 14.7. The standard InChI is InChI=1S/C19H28N2O3/c1-13-9-14(11-20)12-21(13)19(22)15-7-8-17(18(10-15)23-2)24-16-5-3-4-6-16/h7-8,10,13-14,16H,3-6,9,11-12,20H2,1-2H3. The highest BCUT2D eigenvalue weighted by atomic mass is 16.5. The molecule has 2 N–H and O–H groups in total. The monoisotopic (exact) mass is 332 g/mol. The van der Waals surface area contributed by atoms with E-state index in [2.05, 4.69) is 6.92 Å². The van der Waals surface area contributed by atoms with Crippen LogP contribution in [0.25, 0.3) is 0 Å². The quantitative estimate of drug-likeness (QED) is 0.900.